The summed E-state index contributed by atoms with van der Waals surface area (Å²) in [5.74, 6) is -0.689. The van der Waals surface area contributed by atoms with E-state index in [-0.39, 0.29) is 37.1 Å². The lowest BCUT2D eigenvalue weighted by Gasteiger charge is -2.40. The van der Waals surface area contributed by atoms with Crippen LogP contribution in [0, 0.1) is 5.41 Å². The predicted octanol–water partition coefficient (Wildman–Crippen LogP) is 0.728. The number of piperidine rings is 1. The molecule has 2 aliphatic rings. The SMILES string of the molecule is O=C(c1ccc(=O)[nH]n1)N1CCCCC2(CCN(Cc3ccncc3)CC2)C(=O)OC[C@@H](O)[C@@H](O)CC1. The summed E-state index contributed by atoms with van der Waals surface area (Å²) in [7, 11) is 0. The minimum Gasteiger partial charge on any atom is -0.462 e. The van der Waals surface area contributed by atoms with Crippen molar-refractivity contribution < 1.29 is 24.5 Å². The summed E-state index contributed by atoms with van der Waals surface area (Å²) in [6.07, 6.45) is 4.51. The van der Waals surface area contributed by atoms with Crippen molar-refractivity contribution in [2.75, 3.05) is 32.8 Å². The number of carbonyl (C=O) groups is 2. The van der Waals surface area contributed by atoms with Crippen molar-refractivity contribution in [1.82, 2.24) is 25.0 Å². The van der Waals surface area contributed by atoms with E-state index in [9.17, 15) is 24.6 Å². The van der Waals surface area contributed by atoms with Gasteiger partial charge >= 0.3 is 5.97 Å². The number of rotatable bonds is 3. The highest BCUT2D eigenvalue weighted by Crippen LogP contribution is 2.38. The molecule has 0 bridgehead atoms. The summed E-state index contributed by atoms with van der Waals surface area (Å²) in [5.41, 5.74) is 0.211. The molecule has 2 atom stereocenters. The monoisotopic (exact) mass is 513 g/mol. The molecule has 0 aliphatic carbocycles. The number of pyridine rings is 1. The number of aromatic nitrogens is 3. The fraction of sp³-hybridized carbons (Fsp3) is 0.577. The number of hydrogen-bond donors (Lipinski definition) is 3. The largest absolute Gasteiger partial charge is 0.462 e. The summed E-state index contributed by atoms with van der Waals surface area (Å²) < 4.78 is 5.54. The van der Waals surface area contributed by atoms with Gasteiger partial charge in [0.25, 0.3) is 11.5 Å². The first-order valence-electron chi connectivity index (χ1n) is 12.9. The normalized spacial score (nSPS) is 23.9. The van der Waals surface area contributed by atoms with Crippen LogP contribution in [0.25, 0.3) is 0 Å². The number of amides is 1. The molecule has 2 aliphatic heterocycles. The number of aliphatic hydroxyl groups is 2. The van der Waals surface area contributed by atoms with E-state index >= 15 is 0 Å². The van der Waals surface area contributed by atoms with E-state index in [1.54, 1.807) is 17.3 Å². The number of H-pyrrole nitrogens is 1. The lowest BCUT2D eigenvalue weighted by molar-refractivity contribution is -0.165. The molecule has 2 fully saturated rings. The molecule has 0 saturated carbocycles. The third-order valence-corrected chi connectivity index (χ3v) is 7.44. The van der Waals surface area contributed by atoms with Gasteiger partial charge in [-0.15, -0.1) is 0 Å². The Labute approximate surface area is 215 Å². The van der Waals surface area contributed by atoms with Gasteiger partial charge in [0.2, 0.25) is 0 Å². The lowest BCUT2D eigenvalue weighted by atomic mass is 9.74. The second kappa shape index (κ2) is 12.4. The zero-order chi connectivity index (χ0) is 26.3. The Hall–Kier alpha value is -3.15. The number of carbonyl (C=O) groups excluding carboxylic acids is 2. The van der Waals surface area contributed by atoms with Crippen molar-refractivity contribution in [2.45, 2.75) is 57.3 Å². The van der Waals surface area contributed by atoms with Crippen LogP contribution < -0.4 is 5.56 Å². The van der Waals surface area contributed by atoms with Gasteiger partial charge in [0.1, 0.15) is 18.4 Å². The van der Waals surface area contributed by atoms with E-state index in [1.807, 2.05) is 12.1 Å². The van der Waals surface area contributed by atoms with Crippen LogP contribution in [-0.2, 0) is 16.1 Å². The van der Waals surface area contributed by atoms with Crippen LogP contribution in [-0.4, -0.2) is 92.1 Å². The Morgan fingerprint density at radius 2 is 1.76 bits per heavy atom. The molecule has 1 spiro atoms. The van der Waals surface area contributed by atoms with Crippen molar-refractivity contribution in [3.8, 4) is 0 Å². The molecule has 0 aromatic carbocycles. The topological polar surface area (TPSA) is 149 Å². The molecule has 0 radical (unpaired) electrons. The number of nitrogens with zero attached hydrogens (tertiary/aromatic N) is 4. The minimum atomic E-state index is -1.25. The molecule has 3 N–H and O–H groups in total. The van der Waals surface area contributed by atoms with Gasteiger partial charge in [0.15, 0.2) is 0 Å². The number of ether oxygens (including phenoxy) is 1. The number of cyclic esters (lactones) is 1. The zero-order valence-electron chi connectivity index (χ0n) is 20.9. The molecule has 37 heavy (non-hydrogen) atoms. The van der Waals surface area contributed by atoms with Crippen molar-refractivity contribution in [2.24, 2.45) is 5.41 Å². The van der Waals surface area contributed by atoms with E-state index in [0.29, 0.717) is 38.6 Å². The molecule has 200 valence electrons. The smallest absolute Gasteiger partial charge is 0.312 e. The lowest BCUT2D eigenvalue weighted by Crippen LogP contribution is -2.45. The molecule has 2 aromatic rings. The van der Waals surface area contributed by atoms with Crippen molar-refractivity contribution in [1.29, 1.82) is 0 Å². The van der Waals surface area contributed by atoms with E-state index in [0.717, 1.165) is 19.6 Å². The number of nitrogens with one attached hydrogen (secondary N) is 1. The first-order chi connectivity index (χ1) is 17.9. The maximum atomic E-state index is 13.3. The van der Waals surface area contributed by atoms with Gasteiger partial charge in [-0.25, -0.2) is 5.10 Å². The van der Waals surface area contributed by atoms with Gasteiger partial charge in [-0.3, -0.25) is 24.3 Å². The Kier molecular flexibility index (Phi) is 9.01. The third-order valence-electron chi connectivity index (χ3n) is 7.44. The first kappa shape index (κ1) is 26.9. The van der Waals surface area contributed by atoms with Crippen LogP contribution in [0.4, 0.5) is 0 Å². The highest BCUT2D eigenvalue weighted by atomic mass is 16.5. The van der Waals surface area contributed by atoms with Gasteiger partial charge in [0.05, 0.1) is 11.5 Å². The average Bonchev–Trinajstić information content (AvgIpc) is 2.92. The van der Waals surface area contributed by atoms with Gasteiger partial charge in [0, 0.05) is 38.1 Å². The first-order valence-corrected chi connectivity index (χ1v) is 12.9. The van der Waals surface area contributed by atoms with Crippen LogP contribution in [0.1, 0.15) is 54.6 Å². The Morgan fingerprint density at radius 3 is 2.46 bits per heavy atom. The van der Waals surface area contributed by atoms with Crippen LogP contribution >= 0.6 is 0 Å². The number of likely N-dealkylation sites (tertiary alicyclic amines) is 1. The van der Waals surface area contributed by atoms with Crippen LogP contribution in [0.5, 0.6) is 0 Å². The van der Waals surface area contributed by atoms with E-state index in [1.165, 1.54) is 17.7 Å². The van der Waals surface area contributed by atoms with Crippen LogP contribution in [0.15, 0.2) is 41.5 Å². The number of aromatic amines is 1. The molecule has 11 nitrogen and oxygen atoms in total. The van der Waals surface area contributed by atoms with Crippen LogP contribution in [0.3, 0.4) is 0 Å². The fourth-order valence-corrected chi connectivity index (χ4v) is 5.05. The molecule has 2 aromatic heterocycles. The molecular weight excluding hydrogens is 478 g/mol. The fourth-order valence-electron chi connectivity index (χ4n) is 5.05. The average molecular weight is 514 g/mol. The summed E-state index contributed by atoms with van der Waals surface area (Å²) in [6, 6.07) is 6.59. The van der Waals surface area contributed by atoms with Crippen molar-refractivity contribution in [3.63, 3.8) is 0 Å². The maximum absolute atomic E-state index is 13.3. The molecule has 4 heterocycles. The Morgan fingerprint density at radius 1 is 1.00 bits per heavy atom. The Balaban J connectivity index is 1.43. The van der Waals surface area contributed by atoms with Gasteiger partial charge in [-0.2, -0.15) is 5.10 Å². The van der Waals surface area contributed by atoms with Gasteiger partial charge < -0.3 is 19.8 Å². The second-order valence-electron chi connectivity index (χ2n) is 9.99. The molecule has 0 unspecified atom stereocenters. The predicted molar refractivity (Wildman–Crippen MR) is 133 cm³/mol. The number of hydrogen-bond acceptors (Lipinski definition) is 9. The standard InChI is InChI=1S/C26H35N5O6/c32-21-7-14-31(24(35)20-3-4-23(34)29-28-20)13-2-1-8-26(25(36)37-18-22(21)33)9-15-30(16-10-26)17-19-5-11-27-12-6-19/h3-6,11-12,21-22,32-33H,1-2,7-10,13-18H2,(H,29,34)/t21-,22+/m0/s1. The molecule has 11 heteroatoms. The number of aliphatic hydroxyl groups excluding tert-OH is 2. The molecular formula is C26H35N5O6. The van der Waals surface area contributed by atoms with Crippen molar-refractivity contribution >= 4 is 11.9 Å². The maximum Gasteiger partial charge on any atom is 0.312 e. The van der Waals surface area contributed by atoms with Crippen molar-refractivity contribution in [3.05, 3.63) is 58.3 Å². The highest BCUT2D eigenvalue weighted by molar-refractivity contribution is 5.92. The Bertz CT molecular complexity index is 1080. The van der Waals surface area contributed by atoms with Gasteiger partial charge in [-0.05, 0) is 69.0 Å². The summed E-state index contributed by atoms with van der Waals surface area (Å²) in [5, 5.41) is 27.0. The molecule has 1 amide bonds. The number of esters is 1. The summed E-state index contributed by atoms with van der Waals surface area (Å²) in [4.78, 5) is 45.5. The van der Waals surface area contributed by atoms with E-state index < -0.39 is 23.2 Å². The summed E-state index contributed by atoms with van der Waals surface area (Å²) >= 11 is 0. The zero-order valence-corrected chi connectivity index (χ0v) is 20.9. The second-order valence-corrected chi connectivity index (χ2v) is 9.99. The summed E-state index contributed by atoms with van der Waals surface area (Å²) in [6.45, 7) is 2.57. The van der Waals surface area contributed by atoms with Gasteiger partial charge in [-0.1, -0.05) is 6.42 Å². The molecule has 2 saturated heterocycles. The minimum absolute atomic E-state index is 0.107. The van der Waals surface area contributed by atoms with E-state index in [4.69, 9.17) is 4.74 Å². The quantitative estimate of drug-likeness (QED) is 0.505. The third kappa shape index (κ3) is 7.00. The molecule has 4 rings (SSSR count). The van der Waals surface area contributed by atoms with Crippen LogP contribution in [0.2, 0.25) is 0 Å². The highest BCUT2D eigenvalue weighted by Gasteiger charge is 2.42. The van der Waals surface area contributed by atoms with E-state index in [2.05, 4.69) is 20.1 Å².